The summed E-state index contributed by atoms with van der Waals surface area (Å²) in [6, 6.07) is 12.5. The number of aromatic amines is 1. The SMILES string of the molecule is CS(=O)(=O)c1ccc(-c2[nH]c(Br)c(Cl)c2-c2ccc(F)cc2)cc1. The van der Waals surface area contributed by atoms with Gasteiger partial charge in [0.15, 0.2) is 9.84 Å². The van der Waals surface area contributed by atoms with Crippen molar-refractivity contribution in [3.05, 3.63) is 64.0 Å². The highest BCUT2D eigenvalue weighted by atomic mass is 79.9. The number of benzene rings is 2. The molecule has 0 saturated carbocycles. The molecule has 0 aliphatic rings. The summed E-state index contributed by atoms with van der Waals surface area (Å²) in [6.45, 7) is 0. The molecular formula is C17H12BrClFNO2S. The van der Waals surface area contributed by atoms with Gasteiger partial charge in [0.1, 0.15) is 10.4 Å². The maximum atomic E-state index is 13.2. The highest BCUT2D eigenvalue weighted by Crippen LogP contribution is 2.41. The Morgan fingerprint density at radius 1 is 1.00 bits per heavy atom. The first-order chi connectivity index (χ1) is 11.3. The summed E-state index contributed by atoms with van der Waals surface area (Å²) in [5, 5.41) is 0.476. The van der Waals surface area contributed by atoms with Gasteiger partial charge in [0, 0.05) is 11.8 Å². The van der Waals surface area contributed by atoms with Crippen molar-refractivity contribution in [1.29, 1.82) is 0 Å². The smallest absolute Gasteiger partial charge is 0.175 e. The molecule has 0 aliphatic carbocycles. The van der Waals surface area contributed by atoms with Gasteiger partial charge in [0.25, 0.3) is 0 Å². The van der Waals surface area contributed by atoms with Gasteiger partial charge in [-0.2, -0.15) is 0 Å². The maximum absolute atomic E-state index is 13.2. The van der Waals surface area contributed by atoms with Crippen LogP contribution in [0.1, 0.15) is 0 Å². The molecule has 0 unspecified atom stereocenters. The quantitative estimate of drug-likeness (QED) is 0.615. The Kier molecular flexibility index (Phi) is 4.55. The van der Waals surface area contributed by atoms with E-state index in [9.17, 15) is 12.8 Å². The van der Waals surface area contributed by atoms with E-state index in [2.05, 4.69) is 20.9 Å². The van der Waals surface area contributed by atoms with Crippen LogP contribution in [0.4, 0.5) is 4.39 Å². The van der Waals surface area contributed by atoms with Crippen molar-refractivity contribution in [2.45, 2.75) is 4.90 Å². The Hall–Kier alpha value is -1.63. The van der Waals surface area contributed by atoms with Crippen molar-refractivity contribution in [3.8, 4) is 22.4 Å². The normalized spacial score (nSPS) is 11.7. The minimum absolute atomic E-state index is 0.242. The van der Waals surface area contributed by atoms with Gasteiger partial charge in [-0.15, -0.1) is 0 Å². The Balaban J connectivity index is 2.15. The molecule has 0 bridgehead atoms. The van der Waals surface area contributed by atoms with Crippen molar-refractivity contribution in [2.24, 2.45) is 0 Å². The van der Waals surface area contributed by atoms with Crippen LogP contribution in [0.5, 0.6) is 0 Å². The lowest BCUT2D eigenvalue weighted by Gasteiger charge is -2.07. The molecule has 0 fully saturated rings. The summed E-state index contributed by atoms with van der Waals surface area (Å²) in [5.41, 5.74) is 2.97. The van der Waals surface area contributed by atoms with Crippen molar-refractivity contribution >= 4 is 37.4 Å². The molecule has 1 aromatic heterocycles. The van der Waals surface area contributed by atoms with Crippen molar-refractivity contribution in [3.63, 3.8) is 0 Å². The second-order valence-electron chi connectivity index (χ2n) is 5.31. The minimum atomic E-state index is -3.26. The first-order valence-corrected chi connectivity index (χ1v) is 9.97. The average molecular weight is 429 g/mol. The summed E-state index contributed by atoms with van der Waals surface area (Å²) in [4.78, 5) is 3.38. The number of aromatic nitrogens is 1. The Bertz CT molecular complexity index is 996. The molecule has 3 nitrogen and oxygen atoms in total. The van der Waals surface area contributed by atoms with Gasteiger partial charge in [-0.05, 0) is 51.3 Å². The average Bonchev–Trinajstić information content (AvgIpc) is 2.83. The van der Waals surface area contributed by atoms with Gasteiger partial charge in [-0.3, -0.25) is 0 Å². The van der Waals surface area contributed by atoms with Crippen molar-refractivity contribution in [2.75, 3.05) is 6.26 Å². The molecule has 1 N–H and O–H groups in total. The van der Waals surface area contributed by atoms with E-state index in [0.29, 0.717) is 9.63 Å². The van der Waals surface area contributed by atoms with E-state index >= 15 is 0 Å². The molecule has 1 heterocycles. The zero-order valence-electron chi connectivity index (χ0n) is 12.5. The van der Waals surface area contributed by atoms with Gasteiger partial charge in [-0.1, -0.05) is 35.9 Å². The molecule has 2 aromatic carbocycles. The predicted molar refractivity (Wildman–Crippen MR) is 97.4 cm³/mol. The van der Waals surface area contributed by atoms with Crippen LogP contribution in [0, 0.1) is 5.82 Å². The molecule has 7 heteroatoms. The highest BCUT2D eigenvalue weighted by molar-refractivity contribution is 9.10. The lowest BCUT2D eigenvalue weighted by Crippen LogP contribution is -1.96. The summed E-state index contributed by atoms with van der Waals surface area (Å²) < 4.78 is 37.0. The van der Waals surface area contributed by atoms with Gasteiger partial charge < -0.3 is 4.98 Å². The first-order valence-electron chi connectivity index (χ1n) is 6.91. The predicted octanol–water partition coefficient (Wildman–Crippen LogP) is 5.31. The molecule has 0 saturated heterocycles. The first kappa shape index (κ1) is 17.2. The number of hydrogen-bond acceptors (Lipinski definition) is 2. The van der Waals surface area contributed by atoms with Gasteiger partial charge in [0.2, 0.25) is 0 Å². The standard InChI is InChI=1S/C17H12BrClFNO2S/c1-24(22,23)13-8-4-11(5-9-13)16-14(15(19)17(18)21-16)10-2-6-12(20)7-3-10/h2-9,21H,1H3. The summed E-state index contributed by atoms with van der Waals surface area (Å²) in [5.74, 6) is -0.330. The van der Waals surface area contributed by atoms with Gasteiger partial charge >= 0.3 is 0 Å². The fraction of sp³-hybridized carbons (Fsp3) is 0.0588. The van der Waals surface area contributed by atoms with E-state index in [1.54, 1.807) is 36.4 Å². The Morgan fingerprint density at radius 3 is 2.08 bits per heavy atom. The van der Waals surface area contributed by atoms with E-state index in [4.69, 9.17) is 11.6 Å². The molecular weight excluding hydrogens is 417 g/mol. The molecule has 24 heavy (non-hydrogen) atoms. The number of H-pyrrole nitrogens is 1. The topological polar surface area (TPSA) is 49.9 Å². The monoisotopic (exact) mass is 427 g/mol. The third-order valence-electron chi connectivity index (χ3n) is 3.60. The zero-order chi connectivity index (χ0) is 17.5. The van der Waals surface area contributed by atoms with Gasteiger partial charge in [0.05, 0.1) is 15.6 Å². The molecule has 0 atom stereocenters. The van der Waals surface area contributed by atoms with E-state index in [0.717, 1.165) is 28.6 Å². The van der Waals surface area contributed by atoms with Crippen LogP contribution >= 0.6 is 27.5 Å². The highest BCUT2D eigenvalue weighted by Gasteiger charge is 2.18. The van der Waals surface area contributed by atoms with Crippen LogP contribution in [0.25, 0.3) is 22.4 Å². The number of halogens is 3. The van der Waals surface area contributed by atoms with E-state index in [1.165, 1.54) is 12.1 Å². The molecule has 0 spiro atoms. The van der Waals surface area contributed by atoms with E-state index in [1.807, 2.05) is 0 Å². The van der Waals surface area contributed by atoms with E-state index < -0.39 is 9.84 Å². The lowest BCUT2D eigenvalue weighted by molar-refractivity contribution is 0.602. The fourth-order valence-corrected chi connectivity index (χ4v) is 3.70. The Labute approximate surface area is 152 Å². The summed E-state index contributed by atoms with van der Waals surface area (Å²) in [7, 11) is -3.26. The van der Waals surface area contributed by atoms with E-state index in [-0.39, 0.29) is 10.7 Å². The molecule has 3 rings (SSSR count). The molecule has 0 aliphatic heterocycles. The van der Waals surface area contributed by atoms with Crippen LogP contribution in [-0.2, 0) is 9.84 Å². The van der Waals surface area contributed by atoms with Crippen LogP contribution in [-0.4, -0.2) is 19.7 Å². The fourth-order valence-electron chi connectivity index (χ4n) is 2.42. The molecule has 0 radical (unpaired) electrons. The second-order valence-corrected chi connectivity index (χ2v) is 8.49. The molecule has 3 aromatic rings. The second kappa shape index (κ2) is 6.35. The van der Waals surface area contributed by atoms with Crippen molar-refractivity contribution in [1.82, 2.24) is 4.98 Å². The number of sulfone groups is 1. The molecule has 0 amide bonds. The van der Waals surface area contributed by atoms with Crippen molar-refractivity contribution < 1.29 is 12.8 Å². The Morgan fingerprint density at radius 2 is 1.54 bits per heavy atom. The maximum Gasteiger partial charge on any atom is 0.175 e. The third kappa shape index (κ3) is 3.27. The zero-order valence-corrected chi connectivity index (χ0v) is 15.6. The van der Waals surface area contributed by atoms with Crippen LogP contribution in [0.3, 0.4) is 0 Å². The largest absolute Gasteiger partial charge is 0.347 e. The van der Waals surface area contributed by atoms with Crippen LogP contribution < -0.4 is 0 Å². The van der Waals surface area contributed by atoms with Crippen LogP contribution in [0.2, 0.25) is 5.02 Å². The lowest BCUT2D eigenvalue weighted by atomic mass is 10.0. The number of hydrogen-bond donors (Lipinski definition) is 1. The number of rotatable bonds is 3. The number of nitrogens with one attached hydrogen (secondary N) is 1. The molecule has 124 valence electrons. The van der Waals surface area contributed by atoms with Crippen LogP contribution in [0.15, 0.2) is 58.0 Å². The third-order valence-corrected chi connectivity index (χ3v) is 5.93. The van der Waals surface area contributed by atoms with Gasteiger partial charge in [-0.25, -0.2) is 12.8 Å². The summed E-state index contributed by atoms with van der Waals surface area (Å²) >= 11 is 9.74. The minimum Gasteiger partial charge on any atom is -0.347 e. The summed E-state index contributed by atoms with van der Waals surface area (Å²) in [6.07, 6.45) is 1.16.